The van der Waals surface area contributed by atoms with Gasteiger partial charge < -0.3 is 15.0 Å². The molecule has 0 aliphatic carbocycles. The molecule has 1 saturated heterocycles. The predicted molar refractivity (Wildman–Crippen MR) is 177 cm³/mol. The Labute approximate surface area is 270 Å². The number of Topliss-reactive ketones (excluding diaryl/α,β-unsaturated/α-hetero) is 1. The molecule has 0 aromatic heterocycles. The van der Waals surface area contributed by atoms with Crippen LogP contribution in [0.4, 0.5) is 5.69 Å². The number of piperidine rings is 1. The molecule has 2 heterocycles. The number of nitrogens with one attached hydrogen (secondary N) is 1. The zero-order chi connectivity index (χ0) is 31.3. The van der Waals surface area contributed by atoms with Gasteiger partial charge in [-0.1, -0.05) is 72.8 Å². The Kier molecular flexibility index (Phi) is 11.0. The zero-order valence-corrected chi connectivity index (χ0v) is 26.8. The topological polar surface area (TPSA) is 102 Å². The first-order chi connectivity index (χ1) is 21.2. The first kappa shape index (κ1) is 33.6. The fourth-order valence-corrected chi connectivity index (χ4v) is 6.80. The van der Waals surface area contributed by atoms with Crippen LogP contribution in [0.15, 0.2) is 107 Å². The molecule has 0 spiro atoms. The molecule has 1 atom stereocenters. The molecule has 8 nitrogen and oxygen atoms in total. The molecule has 5 rings (SSSR count). The summed E-state index contributed by atoms with van der Waals surface area (Å²) in [6.07, 6.45) is 2.70. The maximum Gasteiger partial charge on any atom is 0.336 e. The van der Waals surface area contributed by atoms with Gasteiger partial charge in [-0.15, -0.1) is 12.4 Å². The Balaban J connectivity index is 0.00000461. The van der Waals surface area contributed by atoms with Gasteiger partial charge >= 0.3 is 5.97 Å². The van der Waals surface area contributed by atoms with Crippen LogP contribution < -0.4 is 5.32 Å². The van der Waals surface area contributed by atoms with Crippen molar-refractivity contribution in [2.45, 2.75) is 51.4 Å². The van der Waals surface area contributed by atoms with Crippen molar-refractivity contribution in [2.24, 2.45) is 0 Å². The Morgan fingerprint density at radius 2 is 1.42 bits per heavy atom. The minimum Gasteiger partial charge on any atom is -0.462 e. The predicted octanol–water partition coefficient (Wildman–Crippen LogP) is 6.86. The lowest BCUT2D eigenvalue weighted by Crippen LogP contribution is -2.43. The van der Waals surface area contributed by atoms with Crippen molar-refractivity contribution in [2.75, 3.05) is 26.2 Å². The quantitative estimate of drug-likeness (QED) is 0.113. The number of benzene rings is 3. The number of likely N-dealkylation sites (tertiary alicyclic amines) is 1. The summed E-state index contributed by atoms with van der Waals surface area (Å²) in [4.78, 5) is 39.4. The molecular formula is C36H40ClN3O5. The zero-order valence-electron chi connectivity index (χ0n) is 26.0. The number of nitro groups is 1. The van der Waals surface area contributed by atoms with Crippen molar-refractivity contribution in [1.29, 1.82) is 0 Å². The molecule has 0 amide bonds. The third-order valence-corrected chi connectivity index (χ3v) is 9.01. The molecule has 2 aliphatic heterocycles. The van der Waals surface area contributed by atoms with Gasteiger partial charge in [0, 0.05) is 47.0 Å². The first-order valence-electron chi connectivity index (χ1n) is 15.2. The number of carbonyl (C=O) groups is 2. The highest BCUT2D eigenvalue weighted by Crippen LogP contribution is 2.42. The second-order valence-electron chi connectivity index (χ2n) is 11.7. The summed E-state index contributed by atoms with van der Waals surface area (Å²) >= 11 is 0. The van der Waals surface area contributed by atoms with Crippen LogP contribution in [0.1, 0.15) is 62.6 Å². The first-order valence-corrected chi connectivity index (χ1v) is 15.2. The fraction of sp³-hybridized carbons (Fsp3) is 0.333. The van der Waals surface area contributed by atoms with E-state index in [2.05, 4.69) is 70.9 Å². The number of esters is 1. The van der Waals surface area contributed by atoms with E-state index in [1.807, 2.05) is 0 Å². The molecule has 9 heteroatoms. The number of nitrogens with zero attached hydrogens (tertiary/aromatic N) is 2. The van der Waals surface area contributed by atoms with E-state index in [9.17, 15) is 19.7 Å². The second-order valence-corrected chi connectivity index (χ2v) is 11.7. The Morgan fingerprint density at radius 1 is 0.889 bits per heavy atom. The maximum atomic E-state index is 13.5. The normalized spacial score (nSPS) is 18.1. The minimum absolute atomic E-state index is 0. The van der Waals surface area contributed by atoms with E-state index in [1.54, 1.807) is 26.0 Å². The molecule has 2 aliphatic rings. The minimum atomic E-state index is -0.673. The summed E-state index contributed by atoms with van der Waals surface area (Å²) in [5.74, 6) is -1.34. The highest BCUT2D eigenvalue weighted by atomic mass is 35.5. The number of hydrogen-bond acceptors (Lipinski definition) is 7. The molecule has 1 fully saturated rings. The Bertz CT molecular complexity index is 1540. The molecule has 3 aromatic rings. The lowest BCUT2D eigenvalue weighted by atomic mass is 9.68. The van der Waals surface area contributed by atoms with Crippen molar-refractivity contribution in [3.63, 3.8) is 0 Å². The molecule has 0 radical (unpaired) electrons. The van der Waals surface area contributed by atoms with Crippen LogP contribution in [0.25, 0.3) is 0 Å². The Morgan fingerprint density at radius 3 is 1.93 bits per heavy atom. The van der Waals surface area contributed by atoms with Crippen molar-refractivity contribution < 1.29 is 19.2 Å². The fourth-order valence-electron chi connectivity index (χ4n) is 6.80. The number of allylic oxidation sites excluding steroid dienone is 3. The number of halogens is 1. The number of ether oxygens (including phenoxy) is 1. The summed E-state index contributed by atoms with van der Waals surface area (Å²) in [5.41, 5.74) is 5.31. The van der Waals surface area contributed by atoms with E-state index < -0.39 is 16.8 Å². The van der Waals surface area contributed by atoms with Crippen LogP contribution in [0.5, 0.6) is 0 Å². The monoisotopic (exact) mass is 629 g/mol. The number of dihydropyridines is 1. The standard InChI is InChI=1S/C36H39N3O5.ClH/c1-25-32(27(3)40)34(28-15-17-31(18-16-28)39(42)43)33(26(2)37-25)35(41)44-24-10-21-38-22-19-36(20-23-38,29-11-6-4-7-12-29)30-13-8-5-9-14-30;/h4-9,11-18,34,37H,10,19-24H2,1-3H3;1H. The average Bonchev–Trinajstić information content (AvgIpc) is 3.03. The summed E-state index contributed by atoms with van der Waals surface area (Å²) < 4.78 is 5.79. The number of carbonyl (C=O) groups excluding carboxylic acids is 2. The maximum absolute atomic E-state index is 13.5. The van der Waals surface area contributed by atoms with E-state index >= 15 is 0 Å². The van der Waals surface area contributed by atoms with Gasteiger partial charge in [-0.2, -0.15) is 0 Å². The van der Waals surface area contributed by atoms with E-state index in [1.165, 1.54) is 30.2 Å². The summed E-state index contributed by atoms with van der Waals surface area (Å²) in [7, 11) is 0. The van der Waals surface area contributed by atoms with E-state index in [4.69, 9.17) is 4.74 Å². The van der Waals surface area contributed by atoms with Gasteiger partial charge in [-0.25, -0.2) is 4.79 Å². The number of nitro benzene ring substituents is 1. The second kappa shape index (κ2) is 14.7. The largest absolute Gasteiger partial charge is 0.462 e. The van der Waals surface area contributed by atoms with Crippen molar-refractivity contribution in [1.82, 2.24) is 10.2 Å². The average molecular weight is 630 g/mol. The molecule has 45 heavy (non-hydrogen) atoms. The van der Waals surface area contributed by atoms with Gasteiger partial charge in [-0.05, 0) is 69.8 Å². The number of rotatable bonds is 10. The molecular weight excluding hydrogens is 590 g/mol. The highest BCUT2D eigenvalue weighted by Gasteiger charge is 2.38. The van der Waals surface area contributed by atoms with Crippen LogP contribution in [-0.4, -0.2) is 47.8 Å². The third-order valence-electron chi connectivity index (χ3n) is 9.01. The van der Waals surface area contributed by atoms with Gasteiger partial charge in [0.2, 0.25) is 0 Å². The smallest absolute Gasteiger partial charge is 0.336 e. The van der Waals surface area contributed by atoms with Crippen LogP contribution >= 0.6 is 12.4 Å². The lowest BCUT2D eigenvalue weighted by Gasteiger charge is -2.43. The van der Waals surface area contributed by atoms with Gasteiger partial charge in [0.05, 0.1) is 17.1 Å². The van der Waals surface area contributed by atoms with Crippen molar-refractivity contribution in [3.8, 4) is 0 Å². The lowest BCUT2D eigenvalue weighted by molar-refractivity contribution is -0.384. The number of hydrogen-bond donors (Lipinski definition) is 1. The highest BCUT2D eigenvalue weighted by molar-refractivity contribution is 6.02. The molecule has 1 unspecified atom stereocenters. The SMILES string of the molecule is CC(=O)C1=C(C)NC(C)=C(C(=O)OCCCN2CCC(c3ccccc3)(c3ccccc3)CC2)C1c1ccc([N+](=O)[O-])cc1.Cl. The summed E-state index contributed by atoms with van der Waals surface area (Å²) in [5, 5.41) is 14.4. The molecule has 3 aromatic carbocycles. The molecule has 0 bridgehead atoms. The van der Waals surface area contributed by atoms with Crippen molar-refractivity contribution >= 4 is 29.8 Å². The van der Waals surface area contributed by atoms with Gasteiger partial charge in [0.15, 0.2) is 5.78 Å². The Hall–Kier alpha value is -4.27. The molecule has 1 N–H and O–H groups in total. The summed E-state index contributed by atoms with van der Waals surface area (Å²) in [6, 6.07) is 27.5. The van der Waals surface area contributed by atoms with Crippen molar-refractivity contribution in [3.05, 3.63) is 134 Å². The number of non-ortho nitro benzene ring substituents is 1. The van der Waals surface area contributed by atoms with Gasteiger partial charge in [-0.3, -0.25) is 14.9 Å². The third kappa shape index (κ3) is 7.18. The molecule has 0 saturated carbocycles. The summed E-state index contributed by atoms with van der Waals surface area (Å²) in [6.45, 7) is 8.00. The number of ketones is 1. The van der Waals surface area contributed by atoms with Gasteiger partial charge in [0.25, 0.3) is 5.69 Å². The van der Waals surface area contributed by atoms with Crippen LogP contribution in [0.3, 0.4) is 0 Å². The van der Waals surface area contributed by atoms with Crippen LogP contribution in [0.2, 0.25) is 0 Å². The van der Waals surface area contributed by atoms with Crippen LogP contribution in [-0.2, 0) is 19.7 Å². The molecule has 236 valence electrons. The van der Waals surface area contributed by atoms with E-state index in [0.29, 0.717) is 34.5 Å². The van der Waals surface area contributed by atoms with E-state index in [-0.39, 0.29) is 35.9 Å². The van der Waals surface area contributed by atoms with Gasteiger partial charge in [0.1, 0.15) is 0 Å². The van der Waals surface area contributed by atoms with E-state index in [0.717, 1.165) is 32.5 Å². The van der Waals surface area contributed by atoms with Crippen LogP contribution in [0, 0.1) is 10.1 Å².